The van der Waals surface area contributed by atoms with Gasteiger partial charge in [-0.3, -0.25) is 9.20 Å². The summed E-state index contributed by atoms with van der Waals surface area (Å²) in [4.78, 5) is 24.5. The van der Waals surface area contributed by atoms with Crippen molar-refractivity contribution in [2.75, 3.05) is 11.9 Å². The number of esters is 1. The minimum Gasteiger partial charge on any atom is -0.462 e. The highest BCUT2D eigenvalue weighted by molar-refractivity contribution is 9.09. The molecule has 2 aromatic heterocycles. The van der Waals surface area contributed by atoms with E-state index in [4.69, 9.17) is 4.74 Å². The number of aromatic nitrogens is 1. The number of aryl methyl sites for hydroxylation is 1. The molecule has 6 heteroatoms. The van der Waals surface area contributed by atoms with E-state index >= 15 is 0 Å². The molecule has 4 nitrogen and oxygen atoms in total. The lowest BCUT2D eigenvalue weighted by Gasteiger charge is -2.09. The Balaban J connectivity index is 2.62. The normalized spacial score (nSPS) is 10.8. The van der Waals surface area contributed by atoms with E-state index in [-0.39, 0.29) is 12.2 Å². The van der Waals surface area contributed by atoms with Crippen LogP contribution in [-0.2, 0) is 11.2 Å². The van der Waals surface area contributed by atoms with Crippen LogP contribution in [0.4, 0.5) is 0 Å². The van der Waals surface area contributed by atoms with Crippen LogP contribution in [0.15, 0.2) is 34.1 Å². The second-order valence-corrected chi connectivity index (χ2v) is 5.47. The van der Waals surface area contributed by atoms with Gasteiger partial charge in [-0.05, 0) is 37.1 Å². The maximum absolute atomic E-state index is 12.3. The number of carbonyl (C=O) groups excluding carboxylic acids is 1. The molecule has 0 amide bonds. The number of rotatable bonds is 4. The Bertz CT molecular complexity index is 711. The zero-order valence-electron chi connectivity index (χ0n) is 10.9. The Morgan fingerprint density at radius 1 is 1.45 bits per heavy atom. The summed E-state index contributed by atoms with van der Waals surface area (Å²) in [7, 11) is 0. The summed E-state index contributed by atoms with van der Waals surface area (Å²) in [5.41, 5.74) is 1.39. The van der Waals surface area contributed by atoms with Crippen molar-refractivity contribution in [2.45, 2.75) is 18.2 Å². The fourth-order valence-electron chi connectivity index (χ4n) is 1.96. The maximum Gasteiger partial charge on any atom is 0.344 e. The van der Waals surface area contributed by atoms with Crippen molar-refractivity contribution >= 4 is 40.0 Å². The standard InChI is InChI=1S/C14H14BrNO3S/c1-2-19-14(18)12-11(20)8-10-7-9(3-5-15)4-6-16(10)13(12)17/h4,6-8,20H,2-3,5H2,1H3. The van der Waals surface area contributed by atoms with E-state index in [2.05, 4.69) is 28.6 Å². The SMILES string of the molecule is CCOC(=O)c1c(S)cc2cc(CCBr)ccn2c1=O. The third kappa shape index (κ3) is 2.91. The molecule has 0 atom stereocenters. The van der Waals surface area contributed by atoms with Gasteiger partial charge in [-0.2, -0.15) is 0 Å². The van der Waals surface area contributed by atoms with E-state index < -0.39 is 11.5 Å². The molecule has 0 spiro atoms. The first-order valence-corrected chi connectivity index (χ1v) is 7.75. The topological polar surface area (TPSA) is 47.8 Å². The number of ether oxygens (including phenoxy) is 1. The van der Waals surface area contributed by atoms with Gasteiger partial charge in [-0.25, -0.2) is 4.79 Å². The largest absolute Gasteiger partial charge is 0.462 e. The van der Waals surface area contributed by atoms with E-state index in [1.807, 2.05) is 12.1 Å². The average molecular weight is 356 g/mol. The van der Waals surface area contributed by atoms with Crippen molar-refractivity contribution in [3.63, 3.8) is 0 Å². The zero-order chi connectivity index (χ0) is 14.7. The van der Waals surface area contributed by atoms with Gasteiger partial charge in [-0.1, -0.05) is 15.9 Å². The molecule has 0 saturated carbocycles. The summed E-state index contributed by atoms with van der Waals surface area (Å²) in [5.74, 6) is -0.638. The lowest BCUT2D eigenvalue weighted by Crippen LogP contribution is -2.24. The molecule has 0 N–H and O–H groups in total. The monoisotopic (exact) mass is 355 g/mol. The Labute approximate surface area is 130 Å². The molecule has 106 valence electrons. The first kappa shape index (κ1) is 15.1. The van der Waals surface area contributed by atoms with Gasteiger partial charge < -0.3 is 4.74 Å². The smallest absolute Gasteiger partial charge is 0.344 e. The lowest BCUT2D eigenvalue weighted by atomic mass is 10.1. The summed E-state index contributed by atoms with van der Waals surface area (Å²) < 4.78 is 6.33. The fraction of sp³-hybridized carbons (Fsp3) is 0.286. The molecule has 0 aromatic carbocycles. The Morgan fingerprint density at radius 3 is 2.85 bits per heavy atom. The van der Waals surface area contributed by atoms with Crippen LogP contribution < -0.4 is 5.56 Å². The van der Waals surface area contributed by atoms with Crippen LogP contribution >= 0.6 is 28.6 Å². The summed E-state index contributed by atoms with van der Waals surface area (Å²) in [6, 6.07) is 5.48. The fourth-order valence-corrected chi connectivity index (χ4v) is 2.74. The number of nitrogens with zero attached hydrogens (tertiary/aromatic N) is 1. The summed E-state index contributed by atoms with van der Waals surface area (Å²) >= 11 is 7.62. The molecule has 0 bridgehead atoms. The van der Waals surface area contributed by atoms with Crippen LogP contribution in [0.5, 0.6) is 0 Å². The molecular formula is C14H14BrNO3S. The third-order valence-electron chi connectivity index (χ3n) is 2.89. The summed E-state index contributed by atoms with van der Waals surface area (Å²) in [5, 5.41) is 0.849. The van der Waals surface area contributed by atoms with Gasteiger partial charge in [0.1, 0.15) is 5.56 Å². The van der Waals surface area contributed by atoms with Crippen LogP contribution in [-0.4, -0.2) is 22.3 Å². The highest BCUT2D eigenvalue weighted by Gasteiger charge is 2.17. The number of hydrogen-bond acceptors (Lipinski definition) is 4. The molecule has 2 aromatic rings. The molecule has 0 aliphatic heterocycles. The number of fused-ring (bicyclic) bond motifs is 1. The van der Waals surface area contributed by atoms with Gasteiger partial charge in [0.2, 0.25) is 0 Å². The molecule has 0 saturated heterocycles. The highest BCUT2D eigenvalue weighted by Crippen LogP contribution is 2.16. The Morgan fingerprint density at radius 2 is 2.20 bits per heavy atom. The van der Waals surface area contributed by atoms with Crippen LogP contribution in [0, 0.1) is 0 Å². The van der Waals surface area contributed by atoms with Crippen molar-refractivity contribution in [3.05, 3.63) is 45.9 Å². The van der Waals surface area contributed by atoms with Crippen molar-refractivity contribution in [1.29, 1.82) is 0 Å². The average Bonchev–Trinajstić information content (AvgIpc) is 2.39. The van der Waals surface area contributed by atoms with Gasteiger partial charge in [0.15, 0.2) is 0 Å². The van der Waals surface area contributed by atoms with Crippen molar-refractivity contribution in [1.82, 2.24) is 4.40 Å². The number of pyridine rings is 2. The molecule has 0 aliphatic rings. The van der Waals surface area contributed by atoms with E-state index in [0.717, 1.165) is 17.3 Å². The van der Waals surface area contributed by atoms with E-state index in [1.54, 1.807) is 19.2 Å². The minimum absolute atomic E-state index is 0.0269. The second kappa shape index (κ2) is 6.45. The molecule has 0 fully saturated rings. The van der Waals surface area contributed by atoms with E-state index in [1.165, 1.54) is 4.40 Å². The summed E-state index contributed by atoms with van der Waals surface area (Å²) in [6.45, 7) is 1.92. The Hall–Kier alpha value is -1.27. The predicted octanol–water partition coefficient (Wildman–Crippen LogP) is 2.70. The maximum atomic E-state index is 12.3. The lowest BCUT2D eigenvalue weighted by molar-refractivity contribution is 0.0520. The molecule has 0 radical (unpaired) electrons. The third-order valence-corrected chi connectivity index (χ3v) is 3.63. The molecule has 2 heterocycles. The first-order chi connectivity index (χ1) is 9.58. The van der Waals surface area contributed by atoms with Gasteiger partial charge >= 0.3 is 5.97 Å². The summed E-state index contributed by atoms with van der Waals surface area (Å²) in [6.07, 6.45) is 2.54. The van der Waals surface area contributed by atoms with Crippen LogP contribution in [0.1, 0.15) is 22.8 Å². The number of hydrogen-bond donors (Lipinski definition) is 1. The van der Waals surface area contributed by atoms with Gasteiger partial charge in [-0.15, -0.1) is 12.6 Å². The zero-order valence-corrected chi connectivity index (χ0v) is 13.4. The van der Waals surface area contributed by atoms with Crippen molar-refractivity contribution in [3.8, 4) is 0 Å². The first-order valence-electron chi connectivity index (χ1n) is 6.18. The van der Waals surface area contributed by atoms with Crippen molar-refractivity contribution < 1.29 is 9.53 Å². The quantitative estimate of drug-likeness (QED) is 0.521. The minimum atomic E-state index is -0.638. The van der Waals surface area contributed by atoms with Crippen LogP contribution in [0.25, 0.3) is 5.52 Å². The molecule has 0 aliphatic carbocycles. The number of halogens is 1. The van der Waals surface area contributed by atoms with Crippen LogP contribution in [0.2, 0.25) is 0 Å². The highest BCUT2D eigenvalue weighted by atomic mass is 79.9. The molecule has 2 rings (SSSR count). The van der Waals surface area contributed by atoms with E-state index in [0.29, 0.717) is 10.4 Å². The molecule has 20 heavy (non-hydrogen) atoms. The predicted molar refractivity (Wildman–Crippen MR) is 84.4 cm³/mol. The molecular weight excluding hydrogens is 342 g/mol. The Kier molecular flexibility index (Phi) is 4.88. The van der Waals surface area contributed by atoms with Gasteiger partial charge in [0.05, 0.1) is 12.1 Å². The van der Waals surface area contributed by atoms with E-state index in [9.17, 15) is 9.59 Å². The number of alkyl halides is 1. The number of carbonyl (C=O) groups is 1. The second-order valence-electron chi connectivity index (χ2n) is 4.20. The molecule has 0 unspecified atom stereocenters. The van der Waals surface area contributed by atoms with Gasteiger partial charge in [0, 0.05) is 16.4 Å². The van der Waals surface area contributed by atoms with Crippen LogP contribution in [0.3, 0.4) is 0 Å². The van der Waals surface area contributed by atoms with Gasteiger partial charge in [0.25, 0.3) is 5.56 Å². The number of thiol groups is 1. The van der Waals surface area contributed by atoms with Crippen molar-refractivity contribution in [2.24, 2.45) is 0 Å².